The molecule has 0 aliphatic heterocycles. The highest BCUT2D eigenvalue weighted by Gasteiger charge is 2.37. The Morgan fingerprint density at radius 3 is 1.77 bits per heavy atom. The monoisotopic (exact) mass is 384 g/mol. The fourth-order valence-corrected chi connectivity index (χ4v) is 2.22. The van der Waals surface area contributed by atoms with Crippen LogP contribution >= 0.6 is 0 Å². The first kappa shape index (κ1) is 20.0. The molecule has 1 nitrogen and oxygen atoms in total. The highest BCUT2D eigenvalue weighted by Crippen LogP contribution is 2.39. The van der Waals surface area contributed by atoms with Gasteiger partial charge in [-0.3, -0.25) is 0 Å². The van der Waals surface area contributed by atoms with E-state index in [0.717, 1.165) is 6.07 Å². The smallest absolute Gasteiger partial charge is 0.416 e. The van der Waals surface area contributed by atoms with Crippen LogP contribution in [-0.2, 0) is 18.8 Å². The van der Waals surface area contributed by atoms with Crippen molar-refractivity contribution in [3.05, 3.63) is 58.7 Å². The molecule has 2 aromatic rings. The lowest BCUT2D eigenvalue weighted by atomic mass is 10.1. The van der Waals surface area contributed by atoms with Gasteiger partial charge in [0.05, 0.1) is 11.1 Å². The summed E-state index contributed by atoms with van der Waals surface area (Å²) >= 11 is 0. The summed E-state index contributed by atoms with van der Waals surface area (Å²) in [5.41, 5.74) is -3.21. The van der Waals surface area contributed by atoms with E-state index in [1.165, 1.54) is 0 Å². The summed E-state index contributed by atoms with van der Waals surface area (Å²) in [6, 6.07) is 1.87. The third kappa shape index (κ3) is 4.64. The zero-order valence-corrected chi connectivity index (χ0v) is 13.2. The summed E-state index contributed by atoms with van der Waals surface area (Å²) in [7, 11) is 0. The molecule has 0 spiro atoms. The number of ether oxygens (including phenoxy) is 1. The highest BCUT2D eigenvalue weighted by atomic mass is 19.4. The molecule has 0 radical (unpaired) electrons. The van der Waals surface area contributed by atoms with E-state index in [1.807, 2.05) is 0 Å². The first-order valence-electron chi connectivity index (χ1n) is 7.37. The fourth-order valence-electron chi connectivity index (χ4n) is 2.22. The largest absolute Gasteiger partial charge is 0.454 e. The van der Waals surface area contributed by atoms with Crippen molar-refractivity contribution < 1.29 is 39.9 Å². The number of hydrogen-bond acceptors (Lipinski definition) is 1. The van der Waals surface area contributed by atoms with Gasteiger partial charge in [-0.15, -0.1) is 0 Å². The molecule has 0 saturated heterocycles. The second-order valence-electron chi connectivity index (χ2n) is 5.47. The number of halogens is 8. The van der Waals surface area contributed by atoms with Crippen LogP contribution in [0.4, 0.5) is 35.1 Å². The molecule has 0 atom stereocenters. The van der Waals surface area contributed by atoms with E-state index in [0.29, 0.717) is 12.5 Å². The van der Waals surface area contributed by atoms with Crippen molar-refractivity contribution in [1.29, 1.82) is 0 Å². The van der Waals surface area contributed by atoms with Crippen LogP contribution in [-0.4, -0.2) is 0 Å². The zero-order valence-electron chi connectivity index (χ0n) is 13.2. The predicted octanol–water partition coefficient (Wildman–Crippen LogP) is 6.75. The van der Waals surface area contributed by atoms with Gasteiger partial charge in [-0.2, -0.15) is 26.3 Å². The maximum absolute atomic E-state index is 14.0. The van der Waals surface area contributed by atoms with Gasteiger partial charge in [0, 0.05) is 6.07 Å². The summed E-state index contributed by atoms with van der Waals surface area (Å²) in [5.74, 6) is -3.68. The molecule has 0 saturated carbocycles. The topological polar surface area (TPSA) is 9.23 Å². The van der Waals surface area contributed by atoms with Gasteiger partial charge in [0.15, 0.2) is 11.6 Å². The summed E-state index contributed by atoms with van der Waals surface area (Å²) in [6.45, 7) is 1.73. The van der Waals surface area contributed by atoms with Crippen molar-refractivity contribution in [3.8, 4) is 11.5 Å². The van der Waals surface area contributed by atoms with E-state index in [1.54, 1.807) is 6.92 Å². The van der Waals surface area contributed by atoms with Gasteiger partial charge in [0.1, 0.15) is 11.6 Å². The Morgan fingerprint density at radius 1 is 0.769 bits per heavy atom. The molecule has 26 heavy (non-hydrogen) atoms. The molecule has 0 bridgehead atoms. The molecule has 0 heterocycles. The average Bonchev–Trinajstić information content (AvgIpc) is 2.50. The molecular weight excluding hydrogens is 372 g/mol. The normalized spacial score (nSPS) is 12.3. The van der Waals surface area contributed by atoms with Crippen molar-refractivity contribution in [1.82, 2.24) is 0 Å². The van der Waals surface area contributed by atoms with Crippen molar-refractivity contribution in [3.63, 3.8) is 0 Å². The van der Waals surface area contributed by atoms with E-state index in [4.69, 9.17) is 4.74 Å². The first-order chi connectivity index (χ1) is 11.9. The molecule has 0 N–H and O–H groups in total. The van der Waals surface area contributed by atoms with Crippen molar-refractivity contribution in [2.24, 2.45) is 0 Å². The fraction of sp³-hybridized carbons (Fsp3) is 0.294. The summed E-state index contributed by atoms with van der Waals surface area (Å²) in [4.78, 5) is 0. The number of alkyl halides is 6. The lowest BCUT2D eigenvalue weighted by Crippen LogP contribution is -2.11. The molecule has 0 aromatic heterocycles. The standard InChI is InChI=1S/C17H12F8O/c1-2-3-9-4-14(19)15(8-13(9)18)26-12-6-10(16(20,21)22)5-11(7-12)17(23,24)25/h4-8H,2-3H2,1H3. The van der Waals surface area contributed by atoms with Crippen LogP contribution in [0.2, 0.25) is 0 Å². The van der Waals surface area contributed by atoms with Gasteiger partial charge in [-0.05, 0) is 36.2 Å². The quantitative estimate of drug-likeness (QED) is 0.530. The van der Waals surface area contributed by atoms with Crippen LogP contribution in [0, 0.1) is 11.6 Å². The van der Waals surface area contributed by atoms with Gasteiger partial charge in [0.25, 0.3) is 0 Å². The molecule has 0 fully saturated rings. The predicted molar refractivity (Wildman–Crippen MR) is 76.9 cm³/mol. The number of hydrogen-bond donors (Lipinski definition) is 0. The van der Waals surface area contributed by atoms with E-state index in [2.05, 4.69) is 0 Å². The lowest BCUT2D eigenvalue weighted by Gasteiger charge is -2.15. The van der Waals surface area contributed by atoms with E-state index in [9.17, 15) is 35.1 Å². The maximum atomic E-state index is 14.0. The van der Waals surface area contributed by atoms with Gasteiger partial charge >= 0.3 is 12.4 Å². The van der Waals surface area contributed by atoms with Gasteiger partial charge in [0.2, 0.25) is 0 Å². The summed E-state index contributed by atoms with van der Waals surface area (Å²) in [6.07, 6.45) is -9.42. The molecule has 0 aliphatic carbocycles. The van der Waals surface area contributed by atoms with E-state index < -0.39 is 46.6 Å². The molecule has 142 valence electrons. The third-order valence-electron chi connectivity index (χ3n) is 3.41. The van der Waals surface area contributed by atoms with Gasteiger partial charge in [-0.25, -0.2) is 8.78 Å². The zero-order chi connectivity index (χ0) is 19.7. The van der Waals surface area contributed by atoms with Crippen LogP contribution in [0.5, 0.6) is 11.5 Å². The maximum Gasteiger partial charge on any atom is 0.416 e. The van der Waals surface area contributed by atoms with Crippen molar-refractivity contribution >= 4 is 0 Å². The van der Waals surface area contributed by atoms with Crippen molar-refractivity contribution in [2.75, 3.05) is 0 Å². The number of aryl methyl sites for hydroxylation is 1. The van der Waals surface area contributed by atoms with Crippen LogP contribution in [0.1, 0.15) is 30.0 Å². The SMILES string of the molecule is CCCc1cc(F)c(Oc2cc(C(F)(F)F)cc(C(F)(F)F)c2)cc1F. The summed E-state index contributed by atoms with van der Waals surface area (Å²) < 4.78 is 109. The van der Waals surface area contributed by atoms with Crippen LogP contribution in [0.25, 0.3) is 0 Å². The van der Waals surface area contributed by atoms with Crippen molar-refractivity contribution in [2.45, 2.75) is 32.1 Å². The van der Waals surface area contributed by atoms with Crippen LogP contribution < -0.4 is 4.74 Å². The average molecular weight is 384 g/mol. The minimum atomic E-state index is -5.08. The first-order valence-corrected chi connectivity index (χ1v) is 7.37. The minimum absolute atomic E-state index is 0.0253. The van der Waals surface area contributed by atoms with Crippen LogP contribution in [0.3, 0.4) is 0 Å². The molecule has 2 aromatic carbocycles. The second kappa shape index (κ2) is 7.13. The molecule has 0 aliphatic rings. The molecular formula is C17H12F8O. The minimum Gasteiger partial charge on any atom is -0.454 e. The van der Waals surface area contributed by atoms with E-state index >= 15 is 0 Å². The Labute approximate surface area is 143 Å². The van der Waals surface area contributed by atoms with Crippen LogP contribution in [0.15, 0.2) is 30.3 Å². The summed E-state index contributed by atoms with van der Waals surface area (Å²) in [5, 5.41) is 0. The molecule has 9 heteroatoms. The Kier molecular flexibility index (Phi) is 5.48. The van der Waals surface area contributed by atoms with E-state index in [-0.39, 0.29) is 30.2 Å². The Balaban J connectivity index is 2.48. The highest BCUT2D eigenvalue weighted by molar-refractivity contribution is 5.41. The van der Waals surface area contributed by atoms with Gasteiger partial charge < -0.3 is 4.74 Å². The molecule has 2 rings (SSSR count). The number of rotatable bonds is 4. The third-order valence-corrected chi connectivity index (χ3v) is 3.41. The van der Waals surface area contributed by atoms with Gasteiger partial charge in [-0.1, -0.05) is 13.3 Å². The number of benzene rings is 2. The lowest BCUT2D eigenvalue weighted by molar-refractivity contribution is -0.143. The molecule has 0 unspecified atom stereocenters. The Morgan fingerprint density at radius 2 is 1.31 bits per heavy atom. The Hall–Kier alpha value is -2.32. The second-order valence-corrected chi connectivity index (χ2v) is 5.47. The Bertz CT molecular complexity index is 760. The molecule has 0 amide bonds.